The van der Waals surface area contributed by atoms with Crippen molar-refractivity contribution in [2.45, 2.75) is 6.92 Å². The molecule has 0 saturated heterocycles. The van der Waals surface area contributed by atoms with Crippen LogP contribution in [0.25, 0.3) is 10.9 Å². The monoisotopic (exact) mass is 327 g/mol. The van der Waals surface area contributed by atoms with Gasteiger partial charge in [0, 0.05) is 21.7 Å². The second-order valence-corrected chi connectivity index (χ2v) is 5.53. The summed E-state index contributed by atoms with van der Waals surface area (Å²) in [6, 6.07) is 13.8. The number of fused-ring (bicyclic) bond motifs is 1. The van der Waals surface area contributed by atoms with E-state index in [9.17, 15) is 9.59 Å². The van der Waals surface area contributed by atoms with Crippen molar-refractivity contribution in [3.05, 3.63) is 70.4 Å². The zero-order chi connectivity index (χ0) is 16.6. The van der Waals surface area contributed by atoms with Crippen molar-refractivity contribution < 1.29 is 9.59 Å². The molecular weight excluding hydrogens is 314 g/mol. The Morgan fingerprint density at radius 1 is 1.09 bits per heavy atom. The van der Waals surface area contributed by atoms with Gasteiger partial charge in [0.25, 0.3) is 11.8 Å². The van der Waals surface area contributed by atoms with Gasteiger partial charge in [-0.2, -0.15) is 0 Å². The van der Waals surface area contributed by atoms with E-state index in [1.54, 1.807) is 43.3 Å². The molecule has 1 amide bonds. The third-order valence-corrected chi connectivity index (χ3v) is 4.02. The SMILES string of the molecule is Cc1c(C(=O)NN)c2ccccc2n1C(=O)c1ccc(Cl)cc1. The minimum absolute atomic E-state index is 0.230. The normalized spacial score (nSPS) is 10.7. The number of hydrazine groups is 1. The Morgan fingerprint density at radius 3 is 2.39 bits per heavy atom. The average Bonchev–Trinajstić information content (AvgIpc) is 2.86. The van der Waals surface area contributed by atoms with Crippen LogP contribution < -0.4 is 11.3 Å². The largest absolute Gasteiger partial charge is 0.290 e. The number of nitrogens with one attached hydrogen (secondary N) is 1. The Labute approximate surface area is 137 Å². The van der Waals surface area contributed by atoms with Crippen LogP contribution >= 0.6 is 11.6 Å². The molecule has 5 nitrogen and oxygen atoms in total. The van der Waals surface area contributed by atoms with E-state index in [-0.39, 0.29) is 5.91 Å². The molecule has 6 heteroatoms. The lowest BCUT2D eigenvalue weighted by atomic mass is 10.1. The van der Waals surface area contributed by atoms with Gasteiger partial charge in [-0.15, -0.1) is 0 Å². The van der Waals surface area contributed by atoms with E-state index < -0.39 is 5.91 Å². The van der Waals surface area contributed by atoms with E-state index in [0.29, 0.717) is 32.7 Å². The highest BCUT2D eigenvalue weighted by atomic mass is 35.5. The molecule has 0 saturated carbocycles. The van der Waals surface area contributed by atoms with Crippen LogP contribution in [-0.4, -0.2) is 16.4 Å². The van der Waals surface area contributed by atoms with E-state index >= 15 is 0 Å². The molecule has 1 aromatic heterocycles. The van der Waals surface area contributed by atoms with Crippen molar-refractivity contribution in [3.63, 3.8) is 0 Å². The molecule has 2 aromatic carbocycles. The van der Waals surface area contributed by atoms with Crippen LogP contribution in [-0.2, 0) is 0 Å². The Balaban J connectivity index is 2.25. The highest BCUT2D eigenvalue weighted by Crippen LogP contribution is 2.27. The molecule has 0 aliphatic heterocycles. The predicted octanol–water partition coefficient (Wildman–Crippen LogP) is 2.90. The average molecular weight is 328 g/mol. The summed E-state index contributed by atoms with van der Waals surface area (Å²) in [5, 5.41) is 1.23. The van der Waals surface area contributed by atoms with Crippen molar-refractivity contribution in [2.24, 2.45) is 5.84 Å². The van der Waals surface area contributed by atoms with Gasteiger partial charge in [-0.3, -0.25) is 19.6 Å². The number of para-hydroxylation sites is 1. The van der Waals surface area contributed by atoms with Crippen LogP contribution in [0.15, 0.2) is 48.5 Å². The third kappa shape index (κ3) is 2.50. The van der Waals surface area contributed by atoms with Crippen molar-refractivity contribution >= 4 is 34.3 Å². The number of benzene rings is 2. The number of nitrogens with zero attached hydrogens (tertiary/aromatic N) is 1. The Morgan fingerprint density at radius 2 is 1.74 bits per heavy atom. The molecule has 0 atom stereocenters. The second kappa shape index (κ2) is 5.87. The molecule has 3 N–H and O–H groups in total. The van der Waals surface area contributed by atoms with Crippen LogP contribution in [0, 0.1) is 6.92 Å². The molecule has 116 valence electrons. The van der Waals surface area contributed by atoms with Gasteiger partial charge in [-0.25, -0.2) is 5.84 Å². The first kappa shape index (κ1) is 15.3. The number of halogens is 1. The molecule has 0 bridgehead atoms. The van der Waals surface area contributed by atoms with Crippen molar-refractivity contribution in [1.82, 2.24) is 9.99 Å². The number of hydrogen-bond donors (Lipinski definition) is 2. The van der Waals surface area contributed by atoms with E-state index in [1.165, 1.54) is 4.57 Å². The van der Waals surface area contributed by atoms with Gasteiger partial charge in [0.05, 0.1) is 11.1 Å². The smallest absolute Gasteiger partial charge is 0.267 e. The lowest BCUT2D eigenvalue weighted by molar-refractivity contribution is 0.0954. The summed E-state index contributed by atoms with van der Waals surface area (Å²) in [5.41, 5.74) is 4.20. The van der Waals surface area contributed by atoms with Crippen LogP contribution in [0.5, 0.6) is 0 Å². The van der Waals surface area contributed by atoms with E-state index in [2.05, 4.69) is 5.43 Å². The fourth-order valence-corrected chi connectivity index (χ4v) is 2.84. The fourth-order valence-electron chi connectivity index (χ4n) is 2.71. The van der Waals surface area contributed by atoms with Gasteiger partial charge in [-0.05, 0) is 37.3 Å². The quantitative estimate of drug-likeness (QED) is 0.431. The number of aromatic nitrogens is 1. The van der Waals surface area contributed by atoms with Crippen molar-refractivity contribution in [2.75, 3.05) is 0 Å². The van der Waals surface area contributed by atoms with Gasteiger partial charge in [0.1, 0.15) is 0 Å². The summed E-state index contributed by atoms with van der Waals surface area (Å²) in [7, 11) is 0. The molecule has 3 rings (SSSR count). The zero-order valence-electron chi connectivity index (χ0n) is 12.3. The number of carbonyl (C=O) groups is 2. The summed E-state index contributed by atoms with van der Waals surface area (Å²) in [5.74, 6) is 4.61. The molecule has 0 spiro atoms. The first-order valence-electron chi connectivity index (χ1n) is 6.96. The third-order valence-electron chi connectivity index (χ3n) is 3.76. The number of carbonyl (C=O) groups excluding carboxylic acids is 2. The number of hydrogen-bond acceptors (Lipinski definition) is 3. The Kier molecular flexibility index (Phi) is 3.90. The molecule has 0 radical (unpaired) electrons. The number of rotatable bonds is 2. The van der Waals surface area contributed by atoms with E-state index in [1.807, 2.05) is 12.1 Å². The lowest BCUT2D eigenvalue weighted by Crippen LogP contribution is -2.30. The maximum atomic E-state index is 12.9. The van der Waals surface area contributed by atoms with Crippen LogP contribution in [0.4, 0.5) is 0 Å². The summed E-state index contributed by atoms with van der Waals surface area (Å²) < 4.78 is 1.52. The minimum atomic E-state index is -0.429. The molecular formula is C17H14ClN3O2. The summed E-state index contributed by atoms with van der Waals surface area (Å²) in [4.78, 5) is 25.0. The van der Waals surface area contributed by atoms with Crippen LogP contribution in [0.3, 0.4) is 0 Å². The van der Waals surface area contributed by atoms with Crippen LogP contribution in [0.2, 0.25) is 5.02 Å². The lowest BCUT2D eigenvalue weighted by Gasteiger charge is -2.07. The summed E-state index contributed by atoms with van der Waals surface area (Å²) in [6.45, 7) is 1.72. The standard InChI is InChI=1S/C17H14ClN3O2/c1-10-15(16(22)20-19)13-4-2-3-5-14(13)21(10)17(23)11-6-8-12(18)9-7-11/h2-9H,19H2,1H3,(H,20,22). The topological polar surface area (TPSA) is 77.1 Å². The van der Waals surface area contributed by atoms with E-state index in [0.717, 1.165) is 0 Å². The number of nitrogen functional groups attached to an aromatic ring is 1. The first-order valence-corrected chi connectivity index (χ1v) is 7.33. The molecule has 0 aliphatic rings. The minimum Gasteiger partial charge on any atom is -0.290 e. The molecule has 0 aliphatic carbocycles. The predicted molar refractivity (Wildman–Crippen MR) is 89.5 cm³/mol. The highest BCUT2D eigenvalue weighted by Gasteiger charge is 2.23. The maximum Gasteiger partial charge on any atom is 0.267 e. The zero-order valence-corrected chi connectivity index (χ0v) is 13.1. The summed E-state index contributed by atoms with van der Waals surface area (Å²) in [6.07, 6.45) is 0. The maximum absolute atomic E-state index is 12.9. The van der Waals surface area contributed by atoms with Crippen molar-refractivity contribution in [3.8, 4) is 0 Å². The van der Waals surface area contributed by atoms with Gasteiger partial charge in [0.2, 0.25) is 0 Å². The van der Waals surface area contributed by atoms with Crippen molar-refractivity contribution in [1.29, 1.82) is 0 Å². The fraction of sp³-hybridized carbons (Fsp3) is 0.0588. The van der Waals surface area contributed by atoms with E-state index in [4.69, 9.17) is 17.4 Å². The molecule has 23 heavy (non-hydrogen) atoms. The molecule has 1 heterocycles. The molecule has 3 aromatic rings. The van der Waals surface area contributed by atoms with Gasteiger partial charge < -0.3 is 0 Å². The number of amides is 1. The molecule has 0 fully saturated rings. The first-order chi connectivity index (χ1) is 11.0. The molecule has 0 unspecified atom stereocenters. The van der Waals surface area contributed by atoms with Gasteiger partial charge >= 0.3 is 0 Å². The Bertz CT molecular complexity index is 913. The summed E-state index contributed by atoms with van der Waals surface area (Å²) >= 11 is 5.87. The van der Waals surface area contributed by atoms with Gasteiger partial charge in [-0.1, -0.05) is 29.8 Å². The number of nitrogens with two attached hydrogens (primary N) is 1. The Hall–Kier alpha value is -2.63. The van der Waals surface area contributed by atoms with Crippen LogP contribution in [0.1, 0.15) is 26.4 Å². The highest BCUT2D eigenvalue weighted by molar-refractivity contribution is 6.30. The van der Waals surface area contributed by atoms with Gasteiger partial charge in [0.15, 0.2) is 0 Å². The second-order valence-electron chi connectivity index (χ2n) is 5.10.